The summed E-state index contributed by atoms with van der Waals surface area (Å²) in [6.07, 6.45) is 0.374. The largest absolute Gasteiger partial charge is 0.504 e. The fourth-order valence-electron chi connectivity index (χ4n) is 2.24. The second-order valence-electron chi connectivity index (χ2n) is 4.86. The molecule has 0 saturated heterocycles. The molecule has 2 rings (SSSR count). The van der Waals surface area contributed by atoms with Gasteiger partial charge in [0.25, 0.3) is 0 Å². The van der Waals surface area contributed by atoms with Crippen LogP contribution in [0.15, 0.2) is 30.3 Å². The third-order valence-corrected chi connectivity index (χ3v) is 3.38. The van der Waals surface area contributed by atoms with Crippen molar-refractivity contribution < 1.29 is 20.1 Å². The first kappa shape index (κ1) is 15.9. The van der Waals surface area contributed by atoms with Gasteiger partial charge in [0.1, 0.15) is 11.6 Å². The molecule has 0 aromatic heterocycles. The third-order valence-electron chi connectivity index (χ3n) is 3.38. The van der Waals surface area contributed by atoms with Crippen molar-refractivity contribution in [3.8, 4) is 34.8 Å². The normalized spacial score (nSPS) is 9.83. The van der Waals surface area contributed by atoms with Gasteiger partial charge in [-0.1, -0.05) is 24.3 Å². The molecule has 2 aromatic rings. The standard InChI is InChI=1S/C17H12N2O4/c18-8-12-7-14(20)17(23)13(9-19)16(12)11-4-1-10(2-5-11)3-6-15(21)22/h1-2,4-5,7,20,23H,3,6H2,(H,21,22). The molecule has 23 heavy (non-hydrogen) atoms. The van der Waals surface area contributed by atoms with E-state index in [9.17, 15) is 25.5 Å². The highest BCUT2D eigenvalue weighted by atomic mass is 16.4. The maximum absolute atomic E-state index is 10.6. The number of rotatable bonds is 4. The molecule has 0 bridgehead atoms. The Morgan fingerprint density at radius 2 is 1.74 bits per heavy atom. The van der Waals surface area contributed by atoms with E-state index in [4.69, 9.17) is 5.11 Å². The lowest BCUT2D eigenvalue weighted by atomic mass is 9.93. The van der Waals surface area contributed by atoms with Crippen LogP contribution in [0.25, 0.3) is 11.1 Å². The van der Waals surface area contributed by atoms with Crippen molar-refractivity contribution in [2.75, 3.05) is 0 Å². The van der Waals surface area contributed by atoms with Gasteiger partial charge >= 0.3 is 5.97 Å². The Labute approximate surface area is 132 Å². The smallest absolute Gasteiger partial charge is 0.303 e. The fraction of sp³-hybridized carbons (Fsp3) is 0.118. The molecule has 6 nitrogen and oxygen atoms in total. The predicted octanol–water partition coefficient (Wildman–Crippen LogP) is 2.53. The summed E-state index contributed by atoms with van der Waals surface area (Å²) in [5.41, 5.74) is 1.44. The molecular formula is C17H12N2O4. The van der Waals surface area contributed by atoms with Crippen LogP contribution >= 0.6 is 0 Å². The van der Waals surface area contributed by atoms with Crippen molar-refractivity contribution >= 4 is 5.97 Å². The van der Waals surface area contributed by atoms with Crippen LogP contribution in [0, 0.1) is 22.7 Å². The van der Waals surface area contributed by atoms with Crippen molar-refractivity contribution in [2.24, 2.45) is 0 Å². The van der Waals surface area contributed by atoms with Gasteiger partial charge in [0.2, 0.25) is 0 Å². The van der Waals surface area contributed by atoms with Crippen LogP contribution in [0.5, 0.6) is 11.5 Å². The molecular weight excluding hydrogens is 296 g/mol. The Hall–Kier alpha value is -3.51. The van der Waals surface area contributed by atoms with E-state index in [0.717, 1.165) is 11.6 Å². The van der Waals surface area contributed by atoms with Gasteiger partial charge in [0.15, 0.2) is 11.5 Å². The second kappa shape index (κ2) is 6.50. The zero-order valence-electron chi connectivity index (χ0n) is 11.9. The summed E-state index contributed by atoms with van der Waals surface area (Å²) in [5, 5.41) is 46.5. The molecule has 6 heteroatoms. The highest BCUT2D eigenvalue weighted by Gasteiger charge is 2.18. The second-order valence-corrected chi connectivity index (χ2v) is 4.86. The number of hydrogen-bond donors (Lipinski definition) is 3. The molecule has 0 fully saturated rings. The number of hydrogen-bond acceptors (Lipinski definition) is 5. The van der Waals surface area contributed by atoms with Crippen LogP contribution in [-0.2, 0) is 11.2 Å². The van der Waals surface area contributed by atoms with Gasteiger partial charge in [-0.05, 0) is 17.5 Å². The monoisotopic (exact) mass is 308 g/mol. The molecule has 0 amide bonds. The van der Waals surface area contributed by atoms with E-state index in [1.54, 1.807) is 30.3 Å². The van der Waals surface area contributed by atoms with E-state index in [-0.39, 0.29) is 23.1 Å². The molecule has 0 aliphatic heterocycles. The van der Waals surface area contributed by atoms with E-state index >= 15 is 0 Å². The zero-order chi connectivity index (χ0) is 17.0. The van der Waals surface area contributed by atoms with Crippen LogP contribution in [0.2, 0.25) is 0 Å². The Morgan fingerprint density at radius 3 is 2.26 bits per heavy atom. The number of carboxylic acids is 1. The summed E-state index contributed by atoms with van der Waals surface area (Å²) in [7, 11) is 0. The van der Waals surface area contributed by atoms with Gasteiger partial charge in [-0.15, -0.1) is 0 Å². The summed E-state index contributed by atoms with van der Waals surface area (Å²) >= 11 is 0. The Kier molecular flexibility index (Phi) is 4.49. The number of benzene rings is 2. The molecule has 3 N–H and O–H groups in total. The van der Waals surface area contributed by atoms with Gasteiger partial charge < -0.3 is 15.3 Å². The SMILES string of the molecule is N#Cc1cc(O)c(O)c(C#N)c1-c1ccc(CCC(=O)O)cc1. The quantitative estimate of drug-likeness (QED) is 0.745. The first-order valence-electron chi connectivity index (χ1n) is 6.68. The zero-order valence-corrected chi connectivity index (χ0v) is 11.9. The summed E-state index contributed by atoms with van der Waals surface area (Å²) in [4.78, 5) is 10.6. The van der Waals surface area contributed by atoms with Gasteiger partial charge in [0.05, 0.1) is 11.6 Å². The summed E-state index contributed by atoms with van der Waals surface area (Å²) in [6, 6.07) is 11.5. The van der Waals surface area contributed by atoms with Gasteiger partial charge in [-0.3, -0.25) is 4.79 Å². The first-order chi connectivity index (χ1) is 11.0. The van der Waals surface area contributed by atoms with E-state index in [2.05, 4.69) is 0 Å². The molecule has 114 valence electrons. The Bertz CT molecular complexity index is 843. The van der Waals surface area contributed by atoms with Crippen LogP contribution in [0.1, 0.15) is 23.1 Å². The Balaban J connectivity index is 2.50. The predicted molar refractivity (Wildman–Crippen MR) is 80.6 cm³/mol. The molecule has 0 spiro atoms. The lowest BCUT2D eigenvalue weighted by Gasteiger charge is -2.10. The summed E-state index contributed by atoms with van der Waals surface area (Å²) < 4.78 is 0. The van der Waals surface area contributed by atoms with Crippen molar-refractivity contribution in [2.45, 2.75) is 12.8 Å². The highest BCUT2D eigenvalue weighted by molar-refractivity contribution is 5.81. The molecule has 0 atom stereocenters. The van der Waals surface area contributed by atoms with Crippen LogP contribution in [0.4, 0.5) is 0 Å². The number of phenols is 2. The Morgan fingerprint density at radius 1 is 1.09 bits per heavy atom. The molecule has 0 aliphatic carbocycles. The molecule has 0 radical (unpaired) electrons. The average Bonchev–Trinajstić information content (AvgIpc) is 2.55. The molecule has 0 heterocycles. The lowest BCUT2D eigenvalue weighted by molar-refractivity contribution is -0.136. The molecule has 2 aromatic carbocycles. The molecule has 0 aliphatic rings. The average molecular weight is 308 g/mol. The van der Waals surface area contributed by atoms with Crippen molar-refractivity contribution in [1.82, 2.24) is 0 Å². The number of aryl methyl sites for hydroxylation is 1. The number of carboxylic acid groups (broad SMARTS) is 1. The summed E-state index contributed by atoms with van der Waals surface area (Å²) in [6.45, 7) is 0. The number of aromatic hydroxyl groups is 2. The number of nitriles is 2. The first-order valence-corrected chi connectivity index (χ1v) is 6.68. The van der Waals surface area contributed by atoms with Crippen LogP contribution in [-0.4, -0.2) is 21.3 Å². The number of phenolic OH excluding ortho intramolecular Hbond substituents is 2. The number of carbonyl (C=O) groups is 1. The lowest BCUT2D eigenvalue weighted by Crippen LogP contribution is -1.97. The molecule has 0 saturated carbocycles. The van der Waals surface area contributed by atoms with Crippen molar-refractivity contribution in [3.63, 3.8) is 0 Å². The van der Waals surface area contributed by atoms with Gasteiger partial charge in [-0.2, -0.15) is 10.5 Å². The maximum atomic E-state index is 10.6. The highest BCUT2D eigenvalue weighted by Crippen LogP contribution is 2.39. The van der Waals surface area contributed by atoms with Crippen molar-refractivity contribution in [3.05, 3.63) is 47.0 Å². The minimum Gasteiger partial charge on any atom is -0.504 e. The maximum Gasteiger partial charge on any atom is 0.303 e. The van der Waals surface area contributed by atoms with Crippen molar-refractivity contribution in [1.29, 1.82) is 10.5 Å². The van der Waals surface area contributed by atoms with Gasteiger partial charge in [0, 0.05) is 18.1 Å². The van der Waals surface area contributed by atoms with Crippen LogP contribution in [0.3, 0.4) is 0 Å². The minimum atomic E-state index is -0.893. The van der Waals surface area contributed by atoms with E-state index in [1.807, 2.05) is 6.07 Å². The number of nitrogens with zero attached hydrogens (tertiary/aromatic N) is 2. The van der Waals surface area contributed by atoms with Crippen LogP contribution < -0.4 is 0 Å². The topological polar surface area (TPSA) is 125 Å². The fourth-order valence-corrected chi connectivity index (χ4v) is 2.24. The third kappa shape index (κ3) is 3.22. The molecule has 0 unspecified atom stereocenters. The summed E-state index contributed by atoms with van der Waals surface area (Å²) in [5.74, 6) is -1.99. The van der Waals surface area contributed by atoms with E-state index in [1.165, 1.54) is 0 Å². The number of aliphatic carboxylic acids is 1. The van der Waals surface area contributed by atoms with E-state index < -0.39 is 17.5 Å². The van der Waals surface area contributed by atoms with E-state index in [0.29, 0.717) is 12.0 Å². The minimum absolute atomic E-state index is 0.00619. The van der Waals surface area contributed by atoms with Gasteiger partial charge in [-0.25, -0.2) is 0 Å².